The van der Waals surface area contributed by atoms with E-state index in [1.807, 2.05) is 30.8 Å². The van der Waals surface area contributed by atoms with Crippen LogP contribution in [-0.2, 0) is 13.1 Å². The average Bonchev–Trinajstić information content (AvgIpc) is 3.13. The second kappa shape index (κ2) is 5.79. The van der Waals surface area contributed by atoms with Crippen LogP contribution in [-0.4, -0.2) is 27.1 Å². The zero-order chi connectivity index (χ0) is 14.8. The topological polar surface area (TPSA) is 68.2 Å². The maximum absolute atomic E-state index is 5.73. The minimum Gasteiger partial charge on any atom is -0.441 e. The second-order valence-electron chi connectivity index (χ2n) is 4.92. The first-order valence-electron chi connectivity index (χ1n) is 6.58. The van der Waals surface area contributed by atoms with E-state index in [0.29, 0.717) is 30.8 Å². The average molecular weight is 304 g/mol. The van der Waals surface area contributed by atoms with Gasteiger partial charge in [-0.25, -0.2) is 4.98 Å². The highest BCUT2D eigenvalue weighted by atomic mass is 32.1. The van der Waals surface area contributed by atoms with Gasteiger partial charge in [0.2, 0.25) is 17.7 Å². The van der Waals surface area contributed by atoms with Crippen LogP contribution in [0.5, 0.6) is 0 Å². The van der Waals surface area contributed by atoms with Crippen molar-refractivity contribution in [2.75, 3.05) is 7.05 Å². The third kappa shape index (κ3) is 3.20. The first-order valence-corrected chi connectivity index (χ1v) is 7.52. The third-order valence-corrected chi connectivity index (χ3v) is 3.74. The molecule has 0 atom stereocenters. The first-order chi connectivity index (χ1) is 10.1. The molecule has 6 nitrogen and oxygen atoms in total. The summed E-state index contributed by atoms with van der Waals surface area (Å²) in [5.41, 5.74) is 1.94. The largest absolute Gasteiger partial charge is 0.441 e. The summed E-state index contributed by atoms with van der Waals surface area (Å²) in [7, 11) is 1.98. The Kier molecular flexibility index (Phi) is 3.85. The van der Waals surface area contributed by atoms with Crippen molar-refractivity contribution in [2.24, 2.45) is 0 Å². The number of oxazole rings is 1. The lowest BCUT2D eigenvalue weighted by Gasteiger charge is -2.12. The van der Waals surface area contributed by atoms with Gasteiger partial charge in [-0.05, 0) is 25.4 Å². The van der Waals surface area contributed by atoms with Gasteiger partial charge < -0.3 is 8.83 Å². The molecule has 3 heterocycles. The fourth-order valence-corrected chi connectivity index (χ4v) is 2.66. The Bertz CT molecular complexity index is 717. The summed E-state index contributed by atoms with van der Waals surface area (Å²) in [5, 5.41) is 11.9. The number of nitrogens with zero attached hydrogens (tertiary/aromatic N) is 4. The summed E-state index contributed by atoms with van der Waals surface area (Å²) in [4.78, 5) is 6.64. The van der Waals surface area contributed by atoms with Crippen LogP contribution in [0.1, 0.15) is 23.2 Å². The minimum atomic E-state index is 0.579. The highest BCUT2D eigenvalue weighted by molar-refractivity contribution is 7.08. The van der Waals surface area contributed by atoms with E-state index in [-0.39, 0.29) is 0 Å². The van der Waals surface area contributed by atoms with Crippen LogP contribution in [0.2, 0.25) is 0 Å². The molecule has 3 aromatic heterocycles. The first kappa shape index (κ1) is 14.0. The lowest BCUT2D eigenvalue weighted by molar-refractivity contribution is 0.275. The van der Waals surface area contributed by atoms with Gasteiger partial charge in [-0.1, -0.05) is 0 Å². The van der Waals surface area contributed by atoms with Crippen LogP contribution in [0.25, 0.3) is 11.5 Å². The summed E-state index contributed by atoms with van der Waals surface area (Å²) >= 11 is 1.63. The number of hydrogen-bond donors (Lipinski definition) is 0. The van der Waals surface area contributed by atoms with E-state index in [2.05, 4.69) is 20.1 Å². The smallest absolute Gasteiger partial charge is 0.230 e. The Morgan fingerprint density at radius 1 is 1.19 bits per heavy atom. The molecule has 0 amide bonds. The summed E-state index contributed by atoms with van der Waals surface area (Å²) in [6.45, 7) is 4.97. The molecule has 0 aliphatic carbocycles. The molecule has 3 rings (SSSR count). The second-order valence-corrected chi connectivity index (χ2v) is 5.70. The Morgan fingerprint density at radius 3 is 2.71 bits per heavy atom. The summed E-state index contributed by atoms with van der Waals surface area (Å²) in [6, 6.07) is 2.00. The molecule has 0 aliphatic heterocycles. The maximum Gasteiger partial charge on any atom is 0.230 e. The predicted molar refractivity (Wildman–Crippen MR) is 78.8 cm³/mol. The Morgan fingerprint density at radius 2 is 2.05 bits per heavy atom. The van der Waals surface area contributed by atoms with Gasteiger partial charge in [-0.15, -0.1) is 10.2 Å². The van der Waals surface area contributed by atoms with Crippen LogP contribution in [0.15, 0.2) is 25.7 Å². The summed E-state index contributed by atoms with van der Waals surface area (Å²) < 4.78 is 11.1. The number of aromatic nitrogens is 3. The highest BCUT2D eigenvalue weighted by Crippen LogP contribution is 2.24. The van der Waals surface area contributed by atoms with Crippen molar-refractivity contribution < 1.29 is 8.83 Å². The Labute approximate surface area is 126 Å². The van der Waals surface area contributed by atoms with E-state index in [4.69, 9.17) is 8.83 Å². The molecule has 21 heavy (non-hydrogen) atoms. The molecular formula is C14H16N4O2S. The van der Waals surface area contributed by atoms with E-state index >= 15 is 0 Å². The van der Waals surface area contributed by atoms with Gasteiger partial charge in [0, 0.05) is 24.4 Å². The maximum atomic E-state index is 5.73. The summed E-state index contributed by atoms with van der Waals surface area (Å²) in [6.07, 6.45) is 0. The fraction of sp³-hybridized carbons (Fsp3) is 0.357. The van der Waals surface area contributed by atoms with Crippen molar-refractivity contribution in [1.29, 1.82) is 0 Å². The van der Waals surface area contributed by atoms with Gasteiger partial charge in [0.15, 0.2) is 0 Å². The normalized spacial score (nSPS) is 11.4. The molecule has 0 radical (unpaired) electrons. The zero-order valence-electron chi connectivity index (χ0n) is 12.2. The molecule has 0 saturated heterocycles. The van der Waals surface area contributed by atoms with Gasteiger partial charge in [-0.2, -0.15) is 11.3 Å². The van der Waals surface area contributed by atoms with Crippen LogP contribution in [0.3, 0.4) is 0 Å². The van der Waals surface area contributed by atoms with E-state index < -0.39 is 0 Å². The minimum absolute atomic E-state index is 0.579. The van der Waals surface area contributed by atoms with Crippen molar-refractivity contribution >= 4 is 11.3 Å². The molecule has 0 aromatic carbocycles. The molecule has 0 spiro atoms. The quantitative estimate of drug-likeness (QED) is 0.721. The van der Waals surface area contributed by atoms with Gasteiger partial charge >= 0.3 is 0 Å². The van der Waals surface area contributed by atoms with E-state index in [0.717, 1.165) is 17.0 Å². The van der Waals surface area contributed by atoms with Crippen molar-refractivity contribution in [3.63, 3.8) is 0 Å². The van der Waals surface area contributed by atoms with Crippen LogP contribution >= 0.6 is 11.3 Å². The lowest BCUT2D eigenvalue weighted by atomic mass is 10.3. The van der Waals surface area contributed by atoms with Gasteiger partial charge in [0.25, 0.3) is 0 Å². The molecule has 0 saturated carbocycles. The molecule has 110 valence electrons. The number of hydrogen-bond acceptors (Lipinski definition) is 7. The summed E-state index contributed by atoms with van der Waals surface area (Å²) in [5.74, 6) is 2.69. The molecule has 7 heteroatoms. The predicted octanol–water partition coefficient (Wildman–Crippen LogP) is 3.03. The monoisotopic (exact) mass is 304 g/mol. The van der Waals surface area contributed by atoms with E-state index in [1.165, 1.54) is 0 Å². The Hall–Kier alpha value is -1.99. The molecule has 0 unspecified atom stereocenters. The van der Waals surface area contributed by atoms with Crippen molar-refractivity contribution in [2.45, 2.75) is 26.9 Å². The zero-order valence-corrected chi connectivity index (χ0v) is 13.0. The van der Waals surface area contributed by atoms with Crippen molar-refractivity contribution in [1.82, 2.24) is 20.1 Å². The number of rotatable bonds is 5. The van der Waals surface area contributed by atoms with E-state index in [9.17, 15) is 0 Å². The highest BCUT2D eigenvalue weighted by Gasteiger charge is 2.15. The van der Waals surface area contributed by atoms with Crippen LogP contribution < -0.4 is 0 Å². The third-order valence-electron chi connectivity index (χ3n) is 3.05. The van der Waals surface area contributed by atoms with Crippen molar-refractivity contribution in [3.05, 3.63) is 40.1 Å². The molecule has 0 N–H and O–H groups in total. The number of aryl methyl sites for hydroxylation is 2. The standard InChI is InChI=1S/C14H16N4O2S/c1-9-12(15-14(19-9)11-4-5-21-8-11)6-18(3)7-13-17-16-10(2)20-13/h4-5,8H,6-7H2,1-3H3. The fourth-order valence-electron chi connectivity index (χ4n) is 2.03. The molecule has 0 aliphatic rings. The van der Waals surface area contributed by atoms with Gasteiger partial charge in [-0.3, -0.25) is 4.90 Å². The lowest BCUT2D eigenvalue weighted by Crippen LogP contribution is -2.18. The molecule has 0 fully saturated rings. The van der Waals surface area contributed by atoms with Gasteiger partial charge in [0.05, 0.1) is 12.2 Å². The SMILES string of the molecule is Cc1nnc(CN(C)Cc2nc(-c3ccsc3)oc2C)o1. The van der Waals surface area contributed by atoms with Crippen LogP contribution in [0.4, 0.5) is 0 Å². The molecule has 0 bridgehead atoms. The van der Waals surface area contributed by atoms with Gasteiger partial charge in [0.1, 0.15) is 5.76 Å². The van der Waals surface area contributed by atoms with Crippen molar-refractivity contribution in [3.8, 4) is 11.5 Å². The number of thiophene rings is 1. The molecule has 3 aromatic rings. The van der Waals surface area contributed by atoms with Crippen LogP contribution in [0, 0.1) is 13.8 Å². The van der Waals surface area contributed by atoms with E-state index in [1.54, 1.807) is 18.3 Å². The molecular weight excluding hydrogens is 288 g/mol. The Balaban J connectivity index is 1.70.